The minimum atomic E-state index is -0.302. The molecule has 0 aliphatic carbocycles. The van der Waals surface area contributed by atoms with Crippen molar-refractivity contribution in [2.75, 3.05) is 7.11 Å². The van der Waals surface area contributed by atoms with Gasteiger partial charge in [-0.25, -0.2) is 0 Å². The molecule has 112 valence electrons. The Morgan fingerprint density at radius 2 is 2.05 bits per heavy atom. The van der Waals surface area contributed by atoms with Crippen LogP contribution in [0.4, 0.5) is 0 Å². The van der Waals surface area contributed by atoms with Crippen molar-refractivity contribution in [3.8, 4) is 5.75 Å². The van der Waals surface area contributed by atoms with Crippen molar-refractivity contribution in [1.29, 1.82) is 0 Å². The van der Waals surface area contributed by atoms with Crippen molar-refractivity contribution in [3.63, 3.8) is 0 Å². The first-order valence-electron chi connectivity index (χ1n) is 7.02. The third-order valence-corrected chi connectivity index (χ3v) is 3.12. The maximum Gasteiger partial charge on any atom is 0.220 e. The smallest absolute Gasteiger partial charge is 0.220 e. The Kier molecular flexibility index (Phi) is 6.02. The minimum Gasteiger partial charge on any atom is -0.496 e. The van der Waals surface area contributed by atoms with Gasteiger partial charge in [0, 0.05) is 18.0 Å². The van der Waals surface area contributed by atoms with Gasteiger partial charge in [-0.05, 0) is 45.2 Å². The Morgan fingerprint density at radius 1 is 1.40 bits per heavy atom. The Labute approximate surface area is 121 Å². The molecule has 1 rings (SSSR count). The van der Waals surface area contributed by atoms with Crippen LogP contribution in [-0.4, -0.2) is 24.6 Å². The normalized spacial score (nSPS) is 12.8. The fraction of sp³-hybridized carbons (Fsp3) is 0.562. The molecule has 0 fully saturated rings. The van der Waals surface area contributed by atoms with Crippen molar-refractivity contribution in [2.24, 2.45) is 5.73 Å². The van der Waals surface area contributed by atoms with Gasteiger partial charge in [-0.1, -0.05) is 18.2 Å². The molecule has 0 saturated carbocycles. The van der Waals surface area contributed by atoms with Gasteiger partial charge in [0.2, 0.25) is 5.91 Å². The maximum absolute atomic E-state index is 11.8. The zero-order valence-corrected chi connectivity index (χ0v) is 12.9. The molecule has 0 aromatic heterocycles. The van der Waals surface area contributed by atoms with Gasteiger partial charge in [0.1, 0.15) is 5.75 Å². The number of nitrogens with two attached hydrogens (primary N) is 1. The fourth-order valence-corrected chi connectivity index (χ4v) is 2.04. The number of hydrogen-bond donors (Lipinski definition) is 2. The van der Waals surface area contributed by atoms with Gasteiger partial charge in [0.15, 0.2) is 0 Å². The number of para-hydroxylation sites is 1. The molecule has 0 aliphatic rings. The number of hydrogen-bond acceptors (Lipinski definition) is 3. The second-order valence-electron chi connectivity index (χ2n) is 5.97. The van der Waals surface area contributed by atoms with Crippen LogP contribution >= 0.6 is 0 Å². The van der Waals surface area contributed by atoms with Crippen molar-refractivity contribution >= 4 is 5.91 Å². The molecule has 1 aromatic rings. The van der Waals surface area contributed by atoms with Crippen molar-refractivity contribution < 1.29 is 9.53 Å². The van der Waals surface area contributed by atoms with E-state index in [-0.39, 0.29) is 17.5 Å². The Morgan fingerprint density at radius 3 is 2.65 bits per heavy atom. The predicted molar refractivity (Wildman–Crippen MR) is 81.8 cm³/mol. The van der Waals surface area contributed by atoms with E-state index in [0.717, 1.165) is 17.7 Å². The summed E-state index contributed by atoms with van der Waals surface area (Å²) in [6.07, 6.45) is 1.89. The van der Waals surface area contributed by atoms with Crippen LogP contribution in [0, 0.1) is 0 Å². The standard InChI is InChI=1S/C16H26N2O2/c1-12(18-15(19)9-10-16(2,3)17)11-13-7-5-6-8-14(13)20-4/h5-8,12H,9-11,17H2,1-4H3,(H,18,19). The van der Waals surface area contributed by atoms with Crippen LogP contribution in [0.5, 0.6) is 5.75 Å². The van der Waals surface area contributed by atoms with E-state index >= 15 is 0 Å². The molecule has 1 atom stereocenters. The average Bonchev–Trinajstić information content (AvgIpc) is 2.36. The highest BCUT2D eigenvalue weighted by Gasteiger charge is 2.15. The quantitative estimate of drug-likeness (QED) is 0.804. The van der Waals surface area contributed by atoms with Gasteiger partial charge >= 0.3 is 0 Å². The zero-order chi connectivity index (χ0) is 15.2. The second-order valence-corrected chi connectivity index (χ2v) is 5.97. The lowest BCUT2D eigenvalue weighted by Gasteiger charge is -2.19. The Bertz CT molecular complexity index is 438. The summed E-state index contributed by atoms with van der Waals surface area (Å²) < 4.78 is 5.31. The van der Waals surface area contributed by atoms with E-state index in [0.29, 0.717) is 12.8 Å². The van der Waals surface area contributed by atoms with Gasteiger partial charge in [-0.15, -0.1) is 0 Å². The summed E-state index contributed by atoms with van der Waals surface area (Å²) >= 11 is 0. The number of methoxy groups -OCH3 is 1. The van der Waals surface area contributed by atoms with Crippen LogP contribution in [0.1, 0.15) is 39.2 Å². The first kappa shape index (κ1) is 16.5. The van der Waals surface area contributed by atoms with E-state index in [1.54, 1.807) is 7.11 Å². The van der Waals surface area contributed by atoms with Crippen LogP contribution < -0.4 is 15.8 Å². The summed E-state index contributed by atoms with van der Waals surface area (Å²) in [5, 5.41) is 3.00. The molecule has 20 heavy (non-hydrogen) atoms. The SMILES string of the molecule is COc1ccccc1CC(C)NC(=O)CCC(C)(C)N. The number of carbonyl (C=O) groups is 1. The molecule has 1 amide bonds. The second kappa shape index (κ2) is 7.29. The van der Waals surface area contributed by atoms with Gasteiger partial charge in [0.25, 0.3) is 0 Å². The van der Waals surface area contributed by atoms with Gasteiger partial charge in [0.05, 0.1) is 7.11 Å². The van der Waals surface area contributed by atoms with Crippen LogP contribution in [0.25, 0.3) is 0 Å². The molecule has 4 nitrogen and oxygen atoms in total. The molecule has 0 radical (unpaired) electrons. The molecule has 3 N–H and O–H groups in total. The molecule has 0 saturated heterocycles. The first-order chi connectivity index (χ1) is 9.31. The number of carbonyl (C=O) groups excluding carboxylic acids is 1. The molecule has 0 bridgehead atoms. The summed E-state index contributed by atoms with van der Waals surface area (Å²) in [4.78, 5) is 11.8. The lowest BCUT2D eigenvalue weighted by atomic mass is 9.99. The third-order valence-electron chi connectivity index (χ3n) is 3.12. The van der Waals surface area contributed by atoms with Gasteiger partial charge in [-0.3, -0.25) is 4.79 Å². The largest absolute Gasteiger partial charge is 0.496 e. The molecule has 4 heteroatoms. The third kappa shape index (κ3) is 6.06. The number of ether oxygens (including phenoxy) is 1. The minimum absolute atomic E-state index is 0.0472. The first-order valence-corrected chi connectivity index (χ1v) is 7.02. The molecule has 1 aromatic carbocycles. The number of rotatable bonds is 7. The molecule has 0 heterocycles. The van der Waals surface area contributed by atoms with Crippen LogP contribution in [0.3, 0.4) is 0 Å². The number of amides is 1. The van der Waals surface area contributed by atoms with E-state index in [1.807, 2.05) is 45.0 Å². The summed E-state index contributed by atoms with van der Waals surface area (Å²) in [6.45, 7) is 5.86. The highest BCUT2D eigenvalue weighted by Crippen LogP contribution is 2.18. The topological polar surface area (TPSA) is 64.3 Å². The van der Waals surface area contributed by atoms with Crippen molar-refractivity contribution in [3.05, 3.63) is 29.8 Å². The van der Waals surface area contributed by atoms with E-state index < -0.39 is 0 Å². The monoisotopic (exact) mass is 278 g/mol. The van der Waals surface area contributed by atoms with Crippen molar-refractivity contribution in [2.45, 2.75) is 51.6 Å². The lowest BCUT2D eigenvalue weighted by molar-refractivity contribution is -0.122. The van der Waals surface area contributed by atoms with E-state index in [4.69, 9.17) is 10.5 Å². The summed E-state index contributed by atoms with van der Waals surface area (Å²) in [7, 11) is 1.66. The Balaban J connectivity index is 2.47. The molecule has 0 spiro atoms. The highest BCUT2D eigenvalue weighted by molar-refractivity contribution is 5.76. The average molecular weight is 278 g/mol. The zero-order valence-electron chi connectivity index (χ0n) is 12.9. The predicted octanol–water partition coefficient (Wildman–Crippen LogP) is 2.26. The van der Waals surface area contributed by atoms with Gasteiger partial charge < -0.3 is 15.8 Å². The summed E-state index contributed by atoms with van der Waals surface area (Å²) in [5.41, 5.74) is 6.68. The maximum atomic E-state index is 11.8. The lowest BCUT2D eigenvalue weighted by Crippen LogP contribution is -2.37. The van der Waals surface area contributed by atoms with Crippen LogP contribution in [-0.2, 0) is 11.2 Å². The molecule has 0 aliphatic heterocycles. The van der Waals surface area contributed by atoms with E-state index in [9.17, 15) is 4.79 Å². The molecular formula is C16H26N2O2. The van der Waals surface area contributed by atoms with Crippen LogP contribution in [0.15, 0.2) is 24.3 Å². The summed E-state index contributed by atoms with van der Waals surface area (Å²) in [5.74, 6) is 0.905. The number of nitrogens with one attached hydrogen (secondary N) is 1. The van der Waals surface area contributed by atoms with Gasteiger partial charge in [-0.2, -0.15) is 0 Å². The molecule has 1 unspecified atom stereocenters. The van der Waals surface area contributed by atoms with E-state index in [1.165, 1.54) is 0 Å². The fourth-order valence-electron chi connectivity index (χ4n) is 2.04. The Hall–Kier alpha value is -1.55. The van der Waals surface area contributed by atoms with Crippen molar-refractivity contribution in [1.82, 2.24) is 5.32 Å². The summed E-state index contributed by atoms with van der Waals surface area (Å²) in [6, 6.07) is 7.93. The van der Waals surface area contributed by atoms with Crippen LogP contribution in [0.2, 0.25) is 0 Å². The highest BCUT2D eigenvalue weighted by atomic mass is 16.5. The van der Waals surface area contributed by atoms with E-state index in [2.05, 4.69) is 5.32 Å². The number of benzene rings is 1. The molecular weight excluding hydrogens is 252 g/mol.